The number of hydrogen-bond acceptors (Lipinski definition) is 4. The summed E-state index contributed by atoms with van der Waals surface area (Å²) in [6, 6.07) is 16.2. The predicted molar refractivity (Wildman–Crippen MR) is 111 cm³/mol. The van der Waals surface area contributed by atoms with Gasteiger partial charge in [0.25, 0.3) is 5.91 Å². The van der Waals surface area contributed by atoms with Crippen LogP contribution in [0.5, 0.6) is 0 Å². The molecule has 28 heavy (non-hydrogen) atoms. The Morgan fingerprint density at radius 1 is 1.07 bits per heavy atom. The van der Waals surface area contributed by atoms with Gasteiger partial charge in [0.05, 0.1) is 26.9 Å². The number of ether oxygens (including phenoxy) is 1. The number of anilines is 1. The SMILES string of the molecule is CC(OC(=O)/C=C/c1ccc2ccccc2n1)C(=O)Nc1cccc(Cl)c1Cl. The standard InChI is InChI=1S/C21H16Cl2N2O3/c1-13(21(27)25-18-8-4-6-16(22)20(18)23)28-19(26)12-11-15-10-9-14-5-2-3-7-17(14)24-15/h2-13H,1H3,(H,25,27)/b12-11+. The predicted octanol–water partition coefficient (Wildman–Crippen LogP) is 5.13. The summed E-state index contributed by atoms with van der Waals surface area (Å²) in [5.74, 6) is -1.18. The molecule has 1 aromatic heterocycles. The van der Waals surface area contributed by atoms with Gasteiger partial charge in [-0.15, -0.1) is 0 Å². The van der Waals surface area contributed by atoms with Crippen molar-refractivity contribution in [3.63, 3.8) is 0 Å². The summed E-state index contributed by atoms with van der Waals surface area (Å²) in [6.07, 6.45) is 1.75. The van der Waals surface area contributed by atoms with E-state index in [1.807, 2.05) is 30.3 Å². The van der Waals surface area contributed by atoms with Gasteiger partial charge in [-0.25, -0.2) is 9.78 Å². The van der Waals surface area contributed by atoms with E-state index in [1.165, 1.54) is 19.1 Å². The summed E-state index contributed by atoms with van der Waals surface area (Å²) >= 11 is 11.9. The second kappa shape index (κ2) is 8.87. The molecule has 3 aromatic rings. The Hall–Kier alpha value is -2.89. The molecule has 0 radical (unpaired) electrons. The lowest BCUT2D eigenvalue weighted by Gasteiger charge is -2.13. The van der Waals surface area contributed by atoms with E-state index < -0.39 is 18.0 Å². The van der Waals surface area contributed by atoms with Crippen LogP contribution in [0.25, 0.3) is 17.0 Å². The maximum atomic E-state index is 12.2. The number of aromatic nitrogens is 1. The monoisotopic (exact) mass is 414 g/mol. The molecule has 0 aliphatic heterocycles. The van der Waals surface area contributed by atoms with Crippen LogP contribution in [0.2, 0.25) is 10.0 Å². The molecule has 7 heteroatoms. The fourth-order valence-electron chi connectivity index (χ4n) is 2.43. The van der Waals surface area contributed by atoms with Crippen molar-refractivity contribution >= 4 is 57.7 Å². The maximum Gasteiger partial charge on any atom is 0.331 e. The highest BCUT2D eigenvalue weighted by atomic mass is 35.5. The van der Waals surface area contributed by atoms with Gasteiger partial charge >= 0.3 is 5.97 Å². The molecule has 142 valence electrons. The highest BCUT2D eigenvalue weighted by molar-refractivity contribution is 6.44. The Balaban J connectivity index is 1.60. The number of fused-ring (bicyclic) bond motifs is 1. The van der Waals surface area contributed by atoms with E-state index in [9.17, 15) is 9.59 Å². The van der Waals surface area contributed by atoms with Gasteiger partial charge in [-0.1, -0.05) is 53.5 Å². The number of para-hydroxylation sites is 1. The van der Waals surface area contributed by atoms with Crippen molar-refractivity contribution in [1.29, 1.82) is 0 Å². The van der Waals surface area contributed by atoms with Crippen LogP contribution in [-0.2, 0) is 14.3 Å². The molecule has 1 unspecified atom stereocenters. The average Bonchev–Trinajstić information content (AvgIpc) is 2.69. The molecule has 0 spiro atoms. The number of hydrogen-bond donors (Lipinski definition) is 1. The minimum atomic E-state index is -1.02. The molecule has 1 amide bonds. The number of pyridine rings is 1. The molecule has 3 rings (SSSR count). The number of carbonyl (C=O) groups excluding carboxylic acids is 2. The molecule has 0 bridgehead atoms. The number of amides is 1. The van der Waals surface area contributed by atoms with Crippen molar-refractivity contribution in [3.8, 4) is 0 Å². The third-order valence-electron chi connectivity index (χ3n) is 3.88. The smallest absolute Gasteiger partial charge is 0.331 e. The minimum Gasteiger partial charge on any atom is -0.449 e. The Kier molecular flexibility index (Phi) is 6.29. The normalized spacial score (nSPS) is 12.1. The topological polar surface area (TPSA) is 68.3 Å². The maximum absolute atomic E-state index is 12.2. The summed E-state index contributed by atoms with van der Waals surface area (Å²) in [5, 5.41) is 4.12. The third-order valence-corrected chi connectivity index (χ3v) is 4.70. The van der Waals surface area contributed by atoms with Gasteiger partial charge in [-0.2, -0.15) is 0 Å². The first-order valence-electron chi connectivity index (χ1n) is 8.43. The molecule has 0 aliphatic rings. The first kappa shape index (κ1) is 19.9. The number of rotatable bonds is 5. The number of halogens is 2. The van der Waals surface area contributed by atoms with Crippen molar-refractivity contribution in [2.24, 2.45) is 0 Å². The van der Waals surface area contributed by atoms with E-state index in [4.69, 9.17) is 27.9 Å². The molecule has 0 saturated carbocycles. The average molecular weight is 415 g/mol. The second-order valence-electron chi connectivity index (χ2n) is 5.93. The zero-order valence-corrected chi connectivity index (χ0v) is 16.4. The lowest BCUT2D eigenvalue weighted by atomic mass is 10.2. The number of benzene rings is 2. The molecule has 1 heterocycles. The molecule has 1 atom stereocenters. The van der Waals surface area contributed by atoms with Crippen molar-refractivity contribution in [3.05, 3.63) is 76.4 Å². The summed E-state index contributed by atoms with van der Waals surface area (Å²) in [6.45, 7) is 1.47. The van der Waals surface area contributed by atoms with Gasteiger partial charge in [0.15, 0.2) is 6.10 Å². The number of nitrogens with one attached hydrogen (secondary N) is 1. The highest BCUT2D eigenvalue weighted by Crippen LogP contribution is 2.29. The molecular weight excluding hydrogens is 399 g/mol. The fourth-order valence-corrected chi connectivity index (χ4v) is 2.78. The largest absolute Gasteiger partial charge is 0.449 e. The summed E-state index contributed by atoms with van der Waals surface area (Å²) < 4.78 is 5.12. The van der Waals surface area contributed by atoms with Crippen molar-refractivity contribution in [2.75, 3.05) is 5.32 Å². The van der Waals surface area contributed by atoms with Crippen LogP contribution in [0.15, 0.2) is 60.7 Å². The first-order chi connectivity index (χ1) is 13.4. The van der Waals surface area contributed by atoms with E-state index in [-0.39, 0.29) is 5.02 Å². The van der Waals surface area contributed by atoms with Gasteiger partial charge in [-0.3, -0.25) is 4.79 Å². The van der Waals surface area contributed by atoms with Gasteiger partial charge in [0.1, 0.15) is 0 Å². The van der Waals surface area contributed by atoms with Gasteiger partial charge in [0, 0.05) is 11.5 Å². The Morgan fingerprint density at radius 2 is 1.86 bits per heavy atom. The minimum absolute atomic E-state index is 0.221. The van der Waals surface area contributed by atoms with Crippen LogP contribution in [0.1, 0.15) is 12.6 Å². The van der Waals surface area contributed by atoms with Crippen molar-refractivity contribution in [2.45, 2.75) is 13.0 Å². The quantitative estimate of drug-likeness (QED) is 0.464. The van der Waals surface area contributed by atoms with Crippen molar-refractivity contribution in [1.82, 2.24) is 4.98 Å². The van der Waals surface area contributed by atoms with Crippen molar-refractivity contribution < 1.29 is 14.3 Å². The van der Waals surface area contributed by atoms with Gasteiger partial charge < -0.3 is 10.1 Å². The van der Waals surface area contributed by atoms with E-state index in [2.05, 4.69) is 10.3 Å². The molecular formula is C21H16Cl2N2O3. The summed E-state index contributed by atoms with van der Waals surface area (Å²) in [4.78, 5) is 28.6. The Bertz CT molecular complexity index is 1070. The molecule has 0 fully saturated rings. The van der Waals surface area contributed by atoms with Crippen LogP contribution >= 0.6 is 23.2 Å². The summed E-state index contributed by atoms with van der Waals surface area (Å²) in [7, 11) is 0. The molecule has 0 aliphatic carbocycles. The van der Waals surface area contributed by atoms with E-state index in [0.717, 1.165) is 10.9 Å². The van der Waals surface area contributed by atoms with Crippen LogP contribution in [-0.4, -0.2) is 23.0 Å². The zero-order valence-electron chi connectivity index (χ0n) is 14.9. The van der Waals surface area contributed by atoms with Crippen LogP contribution < -0.4 is 5.32 Å². The molecule has 0 saturated heterocycles. The fraction of sp³-hybridized carbons (Fsp3) is 0.0952. The van der Waals surface area contributed by atoms with E-state index in [0.29, 0.717) is 16.4 Å². The second-order valence-corrected chi connectivity index (χ2v) is 6.72. The lowest BCUT2D eigenvalue weighted by molar-refractivity contribution is -0.148. The molecule has 5 nitrogen and oxygen atoms in total. The van der Waals surface area contributed by atoms with Crippen LogP contribution in [0.4, 0.5) is 5.69 Å². The van der Waals surface area contributed by atoms with Crippen LogP contribution in [0.3, 0.4) is 0 Å². The molecule has 2 aromatic carbocycles. The van der Waals surface area contributed by atoms with Gasteiger partial charge in [0.2, 0.25) is 0 Å². The van der Waals surface area contributed by atoms with Gasteiger partial charge in [-0.05, 0) is 37.3 Å². The van der Waals surface area contributed by atoms with E-state index >= 15 is 0 Å². The summed E-state index contributed by atoms with van der Waals surface area (Å²) in [5.41, 5.74) is 1.78. The lowest BCUT2D eigenvalue weighted by Crippen LogP contribution is -2.29. The number of esters is 1. The first-order valence-corrected chi connectivity index (χ1v) is 9.19. The third kappa shape index (κ3) is 4.88. The number of carbonyl (C=O) groups is 2. The van der Waals surface area contributed by atoms with Crippen LogP contribution in [0, 0.1) is 0 Å². The highest BCUT2D eigenvalue weighted by Gasteiger charge is 2.18. The Labute approximate surface area is 171 Å². The molecule has 1 N–H and O–H groups in total. The Morgan fingerprint density at radius 3 is 2.68 bits per heavy atom. The van der Waals surface area contributed by atoms with E-state index in [1.54, 1.807) is 24.3 Å². The number of nitrogens with zero attached hydrogens (tertiary/aromatic N) is 1. The zero-order chi connectivity index (χ0) is 20.1.